The molecule has 2 aliphatic carbocycles. The van der Waals surface area contributed by atoms with Gasteiger partial charge >= 0.3 is 0 Å². The number of thiocarbonyl (C=S) groups is 1. The molecule has 0 amide bonds. The quantitative estimate of drug-likeness (QED) is 0.384. The van der Waals surface area contributed by atoms with E-state index in [1.54, 1.807) is 6.07 Å². The third kappa shape index (κ3) is 2.73. The first kappa shape index (κ1) is 17.0. The summed E-state index contributed by atoms with van der Waals surface area (Å²) in [5.74, 6) is 1.38. The van der Waals surface area contributed by atoms with E-state index >= 15 is 0 Å². The van der Waals surface area contributed by atoms with Gasteiger partial charge in [-0.2, -0.15) is 5.10 Å². The largest absolute Gasteiger partial charge is 0.508 e. The minimum atomic E-state index is -0.0316. The van der Waals surface area contributed by atoms with E-state index in [1.807, 2.05) is 0 Å². The number of hydrogen-bond donors (Lipinski definition) is 4. The molecule has 2 bridgehead atoms. The highest BCUT2D eigenvalue weighted by atomic mass is 32.1. The van der Waals surface area contributed by atoms with Crippen LogP contribution in [0.4, 0.5) is 0 Å². The van der Waals surface area contributed by atoms with Crippen molar-refractivity contribution in [1.82, 2.24) is 10.7 Å². The molecule has 0 saturated heterocycles. The Morgan fingerprint density at radius 1 is 1.25 bits per heavy atom. The Hall–Kier alpha value is -1.82. The Morgan fingerprint density at radius 3 is 2.58 bits per heavy atom. The van der Waals surface area contributed by atoms with E-state index in [9.17, 15) is 10.2 Å². The van der Waals surface area contributed by atoms with E-state index in [-0.39, 0.29) is 22.5 Å². The molecule has 0 radical (unpaired) electrons. The zero-order valence-corrected chi connectivity index (χ0v) is 15.2. The van der Waals surface area contributed by atoms with Gasteiger partial charge in [-0.15, -0.1) is 0 Å². The molecule has 130 valence electrons. The van der Waals surface area contributed by atoms with Crippen LogP contribution in [0.5, 0.6) is 11.5 Å². The second-order valence-corrected chi connectivity index (χ2v) is 8.11. The predicted octanol–water partition coefficient (Wildman–Crippen LogP) is 3.11. The molecule has 24 heavy (non-hydrogen) atoms. The fraction of sp³-hybridized carbons (Fsp3) is 0.556. The lowest BCUT2D eigenvalue weighted by atomic mass is 9.64. The Morgan fingerprint density at radius 2 is 1.96 bits per heavy atom. The zero-order valence-electron chi connectivity index (χ0n) is 14.3. The number of nitrogens with one attached hydrogen (secondary N) is 2. The van der Waals surface area contributed by atoms with Crippen molar-refractivity contribution in [3.8, 4) is 11.5 Å². The molecule has 2 aliphatic rings. The van der Waals surface area contributed by atoms with Gasteiger partial charge in [0.2, 0.25) is 0 Å². The molecule has 0 unspecified atom stereocenters. The second-order valence-electron chi connectivity index (χ2n) is 7.70. The van der Waals surface area contributed by atoms with E-state index in [0.29, 0.717) is 16.6 Å². The molecule has 0 aromatic heterocycles. The van der Waals surface area contributed by atoms with Crippen molar-refractivity contribution >= 4 is 23.5 Å². The molecule has 0 aliphatic heterocycles. The van der Waals surface area contributed by atoms with Gasteiger partial charge in [0.1, 0.15) is 11.5 Å². The summed E-state index contributed by atoms with van der Waals surface area (Å²) in [6.07, 6.45) is 5.32. The van der Waals surface area contributed by atoms with Crippen molar-refractivity contribution in [3.05, 3.63) is 23.8 Å². The summed E-state index contributed by atoms with van der Waals surface area (Å²) < 4.78 is 0. The highest BCUT2D eigenvalue weighted by Crippen LogP contribution is 2.61. The zero-order chi connectivity index (χ0) is 17.5. The van der Waals surface area contributed by atoms with Crippen LogP contribution >= 0.6 is 12.2 Å². The van der Waals surface area contributed by atoms with E-state index in [2.05, 4.69) is 36.6 Å². The molecule has 0 heterocycles. The summed E-state index contributed by atoms with van der Waals surface area (Å²) in [4.78, 5) is 0. The maximum atomic E-state index is 9.74. The fourth-order valence-electron chi connectivity index (χ4n) is 4.44. The monoisotopic (exact) mass is 347 g/mol. The van der Waals surface area contributed by atoms with Crippen molar-refractivity contribution in [3.63, 3.8) is 0 Å². The van der Waals surface area contributed by atoms with Crippen LogP contribution in [-0.2, 0) is 0 Å². The number of hydrogen-bond acceptors (Lipinski definition) is 4. The number of phenols is 2. The number of nitrogens with zero attached hydrogens (tertiary/aromatic N) is 1. The molecule has 1 aromatic rings. The lowest BCUT2D eigenvalue weighted by Gasteiger charge is -2.48. The van der Waals surface area contributed by atoms with Crippen LogP contribution in [-0.4, -0.2) is 27.1 Å². The summed E-state index contributed by atoms with van der Waals surface area (Å²) in [5.41, 5.74) is 3.51. The Balaban J connectivity index is 1.63. The smallest absolute Gasteiger partial charge is 0.187 e. The number of benzene rings is 1. The van der Waals surface area contributed by atoms with Crippen LogP contribution in [0.2, 0.25) is 0 Å². The van der Waals surface area contributed by atoms with Gasteiger partial charge in [0, 0.05) is 17.2 Å². The van der Waals surface area contributed by atoms with Crippen molar-refractivity contribution in [2.24, 2.45) is 22.4 Å². The van der Waals surface area contributed by atoms with Gasteiger partial charge in [-0.3, -0.25) is 5.43 Å². The van der Waals surface area contributed by atoms with Crippen molar-refractivity contribution < 1.29 is 10.2 Å². The first-order valence-corrected chi connectivity index (χ1v) is 8.78. The molecule has 2 fully saturated rings. The fourth-order valence-corrected chi connectivity index (χ4v) is 4.70. The SMILES string of the molecule is CC1(C)[C@@H]2CC[C@@H](C2)[C@@]1(C)NC(=S)N/N=C/c1ccc(O)cc1O. The maximum Gasteiger partial charge on any atom is 0.187 e. The predicted molar refractivity (Wildman–Crippen MR) is 99.3 cm³/mol. The normalized spacial score (nSPS) is 30.6. The average Bonchev–Trinajstić information content (AvgIpc) is 3.05. The Kier molecular flexibility index (Phi) is 4.20. The van der Waals surface area contributed by atoms with Crippen LogP contribution in [0.25, 0.3) is 0 Å². The molecule has 2 saturated carbocycles. The summed E-state index contributed by atoms with van der Waals surface area (Å²) in [7, 11) is 0. The maximum absolute atomic E-state index is 9.74. The van der Waals surface area contributed by atoms with E-state index < -0.39 is 0 Å². The van der Waals surface area contributed by atoms with Gasteiger partial charge in [-0.05, 0) is 67.8 Å². The van der Waals surface area contributed by atoms with Crippen molar-refractivity contribution in [2.45, 2.75) is 45.6 Å². The highest BCUT2D eigenvalue weighted by molar-refractivity contribution is 7.80. The summed E-state index contributed by atoms with van der Waals surface area (Å²) in [5, 5.41) is 27.1. The summed E-state index contributed by atoms with van der Waals surface area (Å²) >= 11 is 5.41. The van der Waals surface area contributed by atoms with Crippen molar-refractivity contribution in [1.29, 1.82) is 0 Å². The van der Waals surface area contributed by atoms with Crippen LogP contribution in [0.15, 0.2) is 23.3 Å². The van der Waals surface area contributed by atoms with Crippen LogP contribution in [0.3, 0.4) is 0 Å². The lowest BCUT2D eigenvalue weighted by molar-refractivity contribution is 0.0833. The molecule has 6 heteroatoms. The first-order chi connectivity index (χ1) is 11.2. The van der Waals surface area contributed by atoms with Crippen molar-refractivity contribution in [2.75, 3.05) is 0 Å². The minimum absolute atomic E-state index is 0.0150. The van der Waals surface area contributed by atoms with Gasteiger partial charge in [-0.25, -0.2) is 0 Å². The molecule has 4 N–H and O–H groups in total. The second kappa shape index (κ2) is 5.92. The average molecular weight is 347 g/mol. The molecule has 3 rings (SSSR count). The number of phenolic OH excluding ortho intramolecular Hbond substituents is 2. The van der Waals surface area contributed by atoms with Gasteiger partial charge in [0.05, 0.1) is 6.21 Å². The van der Waals surface area contributed by atoms with E-state index in [0.717, 1.165) is 5.92 Å². The van der Waals surface area contributed by atoms with E-state index in [4.69, 9.17) is 12.2 Å². The highest BCUT2D eigenvalue weighted by Gasteiger charge is 2.60. The number of rotatable bonds is 3. The summed E-state index contributed by atoms with van der Waals surface area (Å²) in [6, 6.07) is 4.36. The van der Waals surface area contributed by atoms with Crippen LogP contribution < -0.4 is 10.7 Å². The van der Waals surface area contributed by atoms with Gasteiger partial charge in [0.15, 0.2) is 5.11 Å². The topological polar surface area (TPSA) is 76.9 Å². The molecule has 0 spiro atoms. The number of fused-ring (bicyclic) bond motifs is 2. The first-order valence-electron chi connectivity index (χ1n) is 8.37. The third-order valence-electron chi connectivity index (χ3n) is 6.37. The lowest BCUT2D eigenvalue weighted by Crippen LogP contribution is -2.60. The van der Waals surface area contributed by atoms with Crippen LogP contribution in [0.1, 0.15) is 45.6 Å². The Bertz CT molecular complexity index is 689. The van der Waals surface area contributed by atoms with E-state index in [1.165, 1.54) is 37.6 Å². The molecular weight excluding hydrogens is 322 g/mol. The minimum Gasteiger partial charge on any atom is -0.508 e. The van der Waals surface area contributed by atoms with Crippen LogP contribution in [0, 0.1) is 17.3 Å². The Labute approximate surface area is 148 Å². The molecular formula is C18H25N3O2S. The van der Waals surface area contributed by atoms with Gasteiger partial charge < -0.3 is 15.5 Å². The molecule has 1 aromatic carbocycles. The van der Waals surface area contributed by atoms with Gasteiger partial charge in [-0.1, -0.05) is 13.8 Å². The number of aromatic hydroxyl groups is 2. The number of hydrazone groups is 1. The standard InChI is InChI=1S/C18H25N3O2S/c1-17(2)12-5-6-13(8-12)18(17,3)20-16(24)21-19-10-11-4-7-14(22)9-15(11)23/h4,7,9-10,12-13,22-23H,5-6,8H2,1-3H3,(H2,20,21,24)/b19-10+/t12-,13+,18-/m1/s1. The third-order valence-corrected chi connectivity index (χ3v) is 6.56. The molecule has 5 nitrogen and oxygen atoms in total. The summed E-state index contributed by atoms with van der Waals surface area (Å²) in [6.45, 7) is 6.91. The van der Waals surface area contributed by atoms with Gasteiger partial charge in [0.25, 0.3) is 0 Å². The molecule has 3 atom stereocenters.